The summed E-state index contributed by atoms with van der Waals surface area (Å²) < 4.78 is 11.0. The summed E-state index contributed by atoms with van der Waals surface area (Å²) in [6.07, 6.45) is 3.85. The van der Waals surface area contributed by atoms with Gasteiger partial charge >= 0.3 is 0 Å². The number of hydrogen-bond donors (Lipinski definition) is 2. The van der Waals surface area contributed by atoms with Crippen LogP contribution in [0.3, 0.4) is 0 Å². The van der Waals surface area contributed by atoms with Gasteiger partial charge in [-0.15, -0.1) is 0 Å². The van der Waals surface area contributed by atoms with Gasteiger partial charge in [-0.1, -0.05) is 6.07 Å². The molecule has 1 fully saturated rings. The lowest BCUT2D eigenvalue weighted by Gasteiger charge is -2.36. The molecule has 0 radical (unpaired) electrons. The van der Waals surface area contributed by atoms with Gasteiger partial charge in [-0.3, -0.25) is 14.5 Å². The van der Waals surface area contributed by atoms with Gasteiger partial charge in [0.1, 0.15) is 18.1 Å². The molecule has 2 aromatic carbocycles. The maximum atomic E-state index is 12.6. The largest absolute Gasteiger partial charge is 0.497 e. The minimum atomic E-state index is -0.0754. The van der Waals surface area contributed by atoms with Crippen LogP contribution >= 0.6 is 0 Å². The predicted molar refractivity (Wildman–Crippen MR) is 138 cm³/mol. The van der Waals surface area contributed by atoms with Gasteiger partial charge in [0.25, 0.3) is 5.91 Å². The number of rotatable bonds is 9. The summed E-state index contributed by atoms with van der Waals surface area (Å²) in [5.41, 5.74) is 3.46. The molecule has 2 N–H and O–H groups in total. The van der Waals surface area contributed by atoms with Gasteiger partial charge in [-0.25, -0.2) is 0 Å². The van der Waals surface area contributed by atoms with E-state index in [0.717, 1.165) is 74.0 Å². The Morgan fingerprint density at radius 2 is 1.89 bits per heavy atom. The number of unbranched alkanes of at least 4 members (excludes halogenated alkanes) is 1. The summed E-state index contributed by atoms with van der Waals surface area (Å²) in [4.78, 5) is 28.7. The fraction of sp³-hybridized carbons (Fsp3) is 0.407. The highest BCUT2D eigenvalue weighted by molar-refractivity contribution is 5.99. The molecule has 186 valence electrons. The van der Waals surface area contributed by atoms with E-state index in [1.807, 2.05) is 42.5 Å². The monoisotopic (exact) mass is 478 g/mol. The van der Waals surface area contributed by atoms with Crippen molar-refractivity contribution in [2.75, 3.05) is 63.2 Å². The van der Waals surface area contributed by atoms with Gasteiger partial charge in [0, 0.05) is 56.6 Å². The Labute approximate surface area is 206 Å². The minimum absolute atomic E-state index is 0.0574. The summed E-state index contributed by atoms with van der Waals surface area (Å²) >= 11 is 0. The molecule has 0 unspecified atom stereocenters. The Bertz CT molecular complexity index is 1080. The molecule has 0 bridgehead atoms. The zero-order valence-electron chi connectivity index (χ0n) is 20.5. The second kappa shape index (κ2) is 11.8. The highest BCUT2D eigenvalue weighted by Crippen LogP contribution is 2.30. The molecule has 2 heterocycles. The van der Waals surface area contributed by atoms with Crippen molar-refractivity contribution >= 4 is 29.3 Å². The zero-order chi connectivity index (χ0) is 24.6. The van der Waals surface area contributed by atoms with Gasteiger partial charge in [-0.05, 0) is 61.9 Å². The summed E-state index contributed by atoms with van der Waals surface area (Å²) in [7, 11) is 1.62. The van der Waals surface area contributed by atoms with Crippen LogP contribution in [-0.2, 0) is 9.59 Å². The lowest BCUT2D eigenvalue weighted by Crippen LogP contribution is -2.46. The Morgan fingerprint density at radius 1 is 1.06 bits per heavy atom. The molecule has 1 saturated heterocycles. The number of anilines is 2. The van der Waals surface area contributed by atoms with Gasteiger partial charge < -0.3 is 25.0 Å². The first-order valence-corrected chi connectivity index (χ1v) is 12.2. The van der Waals surface area contributed by atoms with Gasteiger partial charge in [-0.2, -0.15) is 0 Å². The van der Waals surface area contributed by atoms with Crippen molar-refractivity contribution in [2.24, 2.45) is 0 Å². The highest BCUT2D eigenvalue weighted by Gasteiger charge is 2.19. The fourth-order valence-corrected chi connectivity index (χ4v) is 4.40. The molecule has 2 amide bonds. The molecular weight excluding hydrogens is 444 g/mol. The molecule has 35 heavy (non-hydrogen) atoms. The second-order valence-electron chi connectivity index (χ2n) is 8.89. The van der Waals surface area contributed by atoms with Crippen molar-refractivity contribution in [3.63, 3.8) is 0 Å². The minimum Gasteiger partial charge on any atom is -0.497 e. The third-order valence-electron chi connectivity index (χ3n) is 6.31. The Balaban J connectivity index is 1.15. The fourth-order valence-electron chi connectivity index (χ4n) is 4.40. The number of nitrogens with zero attached hydrogens (tertiary/aromatic N) is 2. The maximum absolute atomic E-state index is 12.6. The van der Waals surface area contributed by atoms with E-state index in [1.54, 1.807) is 7.11 Å². The van der Waals surface area contributed by atoms with Gasteiger partial charge in [0.2, 0.25) is 5.91 Å². The number of ether oxygens (including phenoxy) is 2. The number of hydrogen-bond acceptors (Lipinski definition) is 6. The van der Waals surface area contributed by atoms with Crippen LogP contribution in [-0.4, -0.2) is 69.7 Å². The molecule has 0 spiro atoms. The standard InChI is InChI=1S/C27H34N4O4/c1-20(32)29-23-6-5-7-24(18-23)31-14-12-30(13-15-31)11-4-3-10-28-27(33)22-16-21-17-25(34-2)8-9-26(21)35-19-22/h5-9,16-18H,3-4,10-15,19H2,1-2H3,(H,28,33)(H,29,32). The Hall–Kier alpha value is -3.52. The van der Waals surface area contributed by atoms with Crippen LogP contribution < -0.4 is 25.0 Å². The number of carbonyl (C=O) groups excluding carboxylic acids is 2. The third-order valence-corrected chi connectivity index (χ3v) is 6.31. The quantitative estimate of drug-likeness (QED) is 0.539. The van der Waals surface area contributed by atoms with Crippen molar-refractivity contribution in [1.82, 2.24) is 10.2 Å². The number of benzene rings is 2. The van der Waals surface area contributed by atoms with Crippen LogP contribution in [0.5, 0.6) is 11.5 Å². The third kappa shape index (κ3) is 6.76. The molecular formula is C27H34N4O4. The van der Waals surface area contributed by atoms with E-state index in [9.17, 15) is 9.59 Å². The predicted octanol–water partition coefficient (Wildman–Crippen LogP) is 3.15. The summed E-state index contributed by atoms with van der Waals surface area (Å²) in [5, 5.41) is 5.87. The molecule has 0 aliphatic carbocycles. The Morgan fingerprint density at radius 3 is 2.66 bits per heavy atom. The Kier molecular flexibility index (Phi) is 8.26. The van der Waals surface area contributed by atoms with Crippen molar-refractivity contribution in [2.45, 2.75) is 19.8 Å². The zero-order valence-corrected chi connectivity index (χ0v) is 20.5. The summed E-state index contributed by atoms with van der Waals surface area (Å²) in [5.74, 6) is 1.37. The summed E-state index contributed by atoms with van der Waals surface area (Å²) in [6, 6.07) is 13.6. The molecule has 2 aliphatic rings. The average Bonchev–Trinajstić information content (AvgIpc) is 2.87. The molecule has 0 aromatic heterocycles. The van der Waals surface area contributed by atoms with E-state index in [2.05, 4.69) is 26.5 Å². The van der Waals surface area contributed by atoms with Gasteiger partial charge in [0.15, 0.2) is 0 Å². The number of fused-ring (bicyclic) bond motifs is 1. The topological polar surface area (TPSA) is 83.1 Å². The van der Waals surface area contributed by atoms with Crippen LogP contribution in [0, 0.1) is 0 Å². The maximum Gasteiger partial charge on any atom is 0.250 e. The number of piperazine rings is 1. The van der Waals surface area contributed by atoms with E-state index in [-0.39, 0.29) is 18.4 Å². The van der Waals surface area contributed by atoms with Crippen LogP contribution in [0.25, 0.3) is 6.08 Å². The average molecular weight is 479 g/mol. The highest BCUT2D eigenvalue weighted by atomic mass is 16.5. The second-order valence-corrected chi connectivity index (χ2v) is 8.89. The van der Waals surface area contributed by atoms with Crippen molar-refractivity contribution < 1.29 is 19.1 Å². The molecule has 0 saturated carbocycles. The van der Waals surface area contributed by atoms with E-state index >= 15 is 0 Å². The number of methoxy groups -OCH3 is 1. The molecule has 4 rings (SSSR count). The number of carbonyl (C=O) groups is 2. The SMILES string of the molecule is COc1ccc2c(c1)C=C(C(=O)NCCCCN1CCN(c3cccc(NC(C)=O)c3)CC1)CO2. The smallest absolute Gasteiger partial charge is 0.250 e. The van der Waals surface area contributed by atoms with Crippen LogP contribution in [0.15, 0.2) is 48.0 Å². The van der Waals surface area contributed by atoms with Gasteiger partial charge in [0.05, 0.1) is 12.7 Å². The van der Waals surface area contributed by atoms with Crippen LogP contribution in [0.4, 0.5) is 11.4 Å². The first-order valence-electron chi connectivity index (χ1n) is 12.2. The van der Waals surface area contributed by atoms with Crippen LogP contribution in [0.2, 0.25) is 0 Å². The summed E-state index contributed by atoms with van der Waals surface area (Å²) in [6.45, 7) is 7.40. The van der Waals surface area contributed by atoms with Crippen molar-refractivity contribution in [1.29, 1.82) is 0 Å². The first kappa shape index (κ1) is 24.6. The molecule has 2 aromatic rings. The molecule has 0 atom stereocenters. The van der Waals surface area contributed by atoms with E-state index in [1.165, 1.54) is 6.92 Å². The van der Waals surface area contributed by atoms with Crippen LogP contribution in [0.1, 0.15) is 25.3 Å². The van der Waals surface area contributed by atoms with Crippen molar-refractivity contribution in [3.8, 4) is 11.5 Å². The lowest BCUT2D eigenvalue weighted by atomic mass is 10.1. The van der Waals surface area contributed by atoms with E-state index in [4.69, 9.17) is 9.47 Å². The normalized spacial score (nSPS) is 15.5. The number of nitrogens with one attached hydrogen (secondary N) is 2. The molecule has 8 heteroatoms. The lowest BCUT2D eigenvalue weighted by molar-refractivity contribution is -0.118. The van der Waals surface area contributed by atoms with E-state index in [0.29, 0.717) is 12.1 Å². The first-order chi connectivity index (χ1) is 17.0. The molecule has 8 nitrogen and oxygen atoms in total. The van der Waals surface area contributed by atoms with E-state index < -0.39 is 0 Å². The molecule has 2 aliphatic heterocycles. The number of amides is 2. The van der Waals surface area contributed by atoms with Crippen molar-refractivity contribution in [3.05, 3.63) is 53.6 Å².